The Morgan fingerprint density at radius 2 is 1.93 bits per heavy atom. The Morgan fingerprint density at radius 1 is 1.19 bits per heavy atom. The Bertz CT molecular complexity index is 663. The van der Waals surface area contributed by atoms with E-state index in [1.165, 1.54) is 18.6 Å². The van der Waals surface area contributed by atoms with Gasteiger partial charge in [0.25, 0.3) is 0 Å². The van der Waals surface area contributed by atoms with Gasteiger partial charge in [0.15, 0.2) is 0 Å². The Kier molecular flexibility index (Phi) is 8.78. The summed E-state index contributed by atoms with van der Waals surface area (Å²) in [7, 11) is 0. The molecular formula is C22H28O5. The van der Waals surface area contributed by atoms with Gasteiger partial charge in [0.1, 0.15) is 6.10 Å². The lowest BCUT2D eigenvalue weighted by molar-refractivity contribution is -0.153. The minimum atomic E-state index is -1.31. The summed E-state index contributed by atoms with van der Waals surface area (Å²) in [6, 6.07) is 10.4. The largest absolute Gasteiger partial charge is 0.458 e. The third-order valence-electron chi connectivity index (χ3n) is 4.42. The third kappa shape index (κ3) is 7.79. The molecule has 0 saturated carbocycles. The van der Waals surface area contributed by atoms with E-state index in [1.54, 1.807) is 0 Å². The number of cyclic esters (lactones) is 1. The first-order chi connectivity index (χ1) is 13.1. The van der Waals surface area contributed by atoms with E-state index >= 15 is 0 Å². The number of carbonyl (C=O) groups excluding carboxylic acids is 2. The van der Waals surface area contributed by atoms with Crippen LogP contribution in [-0.2, 0) is 25.5 Å². The van der Waals surface area contributed by atoms with Crippen LogP contribution in [0.4, 0.5) is 0 Å². The molecule has 0 radical (unpaired) electrons. The monoisotopic (exact) mass is 372 g/mol. The van der Waals surface area contributed by atoms with E-state index in [4.69, 9.17) is 4.74 Å². The van der Waals surface area contributed by atoms with Gasteiger partial charge in [-0.2, -0.15) is 0 Å². The van der Waals surface area contributed by atoms with Crippen LogP contribution in [0.25, 0.3) is 0 Å². The van der Waals surface area contributed by atoms with Crippen LogP contribution in [0.2, 0.25) is 0 Å². The number of hydrogen-bond donors (Lipinski definition) is 1. The number of esters is 2. The van der Waals surface area contributed by atoms with Crippen molar-refractivity contribution < 1.29 is 24.2 Å². The van der Waals surface area contributed by atoms with Gasteiger partial charge in [-0.1, -0.05) is 48.9 Å². The molecule has 0 bridgehead atoms. The van der Waals surface area contributed by atoms with Gasteiger partial charge in [-0.05, 0) is 44.1 Å². The van der Waals surface area contributed by atoms with Gasteiger partial charge in [0.05, 0.1) is 0 Å². The quantitative estimate of drug-likeness (QED) is 0.363. The summed E-state index contributed by atoms with van der Waals surface area (Å²) >= 11 is 0. The van der Waals surface area contributed by atoms with E-state index in [0.29, 0.717) is 12.0 Å². The fraction of sp³-hybridized carbons (Fsp3) is 0.455. The molecule has 5 heteroatoms. The molecule has 0 amide bonds. The Labute approximate surface area is 160 Å². The maximum Gasteiger partial charge on any atom is 0.333 e. The van der Waals surface area contributed by atoms with E-state index in [-0.39, 0.29) is 0 Å². The van der Waals surface area contributed by atoms with Crippen LogP contribution in [0.3, 0.4) is 0 Å². The molecule has 1 aromatic rings. The predicted octanol–water partition coefficient (Wildman–Crippen LogP) is 3.86. The summed E-state index contributed by atoms with van der Waals surface area (Å²) in [5.41, 5.74) is 1.68. The standard InChI is InChI=1S/C22H28O5/c1-17(23)26-20(19-16-21(24)27-22(19)25)15-11-6-4-2-3-5-8-12-18-13-9-7-10-14-18/h3,5,7,9-10,13-14,16,20,22,25H,2,4,6,8,11-12,15H2,1H3/b5-3+. The Morgan fingerprint density at radius 3 is 2.59 bits per heavy atom. The van der Waals surface area contributed by atoms with Crippen LogP contribution in [-0.4, -0.2) is 29.4 Å². The van der Waals surface area contributed by atoms with Crippen LogP contribution in [0, 0.1) is 0 Å². The minimum Gasteiger partial charge on any atom is -0.458 e. The molecule has 0 saturated heterocycles. The molecule has 0 fully saturated rings. The highest BCUT2D eigenvalue weighted by Gasteiger charge is 2.31. The second-order valence-electron chi connectivity index (χ2n) is 6.67. The molecule has 1 aliphatic heterocycles. The number of aliphatic hydroxyl groups excluding tert-OH is 1. The molecule has 1 aliphatic rings. The first-order valence-electron chi connectivity index (χ1n) is 9.52. The average Bonchev–Trinajstić information content (AvgIpc) is 2.98. The number of aliphatic hydroxyl groups is 1. The van der Waals surface area contributed by atoms with Crippen LogP contribution < -0.4 is 0 Å². The lowest BCUT2D eigenvalue weighted by Gasteiger charge is -2.19. The second-order valence-corrected chi connectivity index (χ2v) is 6.67. The summed E-state index contributed by atoms with van der Waals surface area (Å²) < 4.78 is 9.92. The number of aryl methyl sites for hydroxylation is 1. The van der Waals surface area contributed by atoms with Crippen LogP contribution in [0.5, 0.6) is 0 Å². The third-order valence-corrected chi connectivity index (χ3v) is 4.42. The van der Waals surface area contributed by atoms with Gasteiger partial charge in [-0.25, -0.2) is 4.79 Å². The van der Waals surface area contributed by atoms with Crippen LogP contribution in [0.15, 0.2) is 54.1 Å². The van der Waals surface area contributed by atoms with Crippen molar-refractivity contribution in [3.05, 3.63) is 59.7 Å². The molecule has 2 atom stereocenters. The maximum absolute atomic E-state index is 11.3. The molecular weight excluding hydrogens is 344 g/mol. The summed E-state index contributed by atoms with van der Waals surface area (Å²) in [6.07, 6.45) is 10.3. The fourth-order valence-corrected chi connectivity index (χ4v) is 3.06. The van der Waals surface area contributed by atoms with Crippen molar-refractivity contribution in [1.82, 2.24) is 0 Å². The number of rotatable bonds is 11. The zero-order valence-electron chi connectivity index (χ0n) is 15.8. The van der Waals surface area contributed by atoms with Crippen molar-refractivity contribution in [2.45, 2.75) is 64.3 Å². The van der Waals surface area contributed by atoms with E-state index in [0.717, 1.165) is 38.5 Å². The number of carbonyl (C=O) groups is 2. The van der Waals surface area contributed by atoms with Crippen molar-refractivity contribution in [3.8, 4) is 0 Å². The van der Waals surface area contributed by atoms with Crippen LogP contribution in [0.1, 0.15) is 51.0 Å². The molecule has 2 rings (SSSR count). The lowest BCUT2D eigenvalue weighted by atomic mass is 10.0. The van der Waals surface area contributed by atoms with Crippen LogP contribution >= 0.6 is 0 Å². The van der Waals surface area contributed by atoms with Crippen molar-refractivity contribution in [2.24, 2.45) is 0 Å². The molecule has 5 nitrogen and oxygen atoms in total. The second kappa shape index (κ2) is 11.3. The number of hydrogen-bond acceptors (Lipinski definition) is 5. The number of unbranched alkanes of at least 4 members (excludes halogenated alkanes) is 3. The lowest BCUT2D eigenvalue weighted by Crippen LogP contribution is -2.25. The van der Waals surface area contributed by atoms with Gasteiger partial charge in [0, 0.05) is 18.6 Å². The SMILES string of the molecule is CC(=O)OC(CCCCC/C=C/CCc1ccccc1)C1=CC(=O)OC1O. The highest BCUT2D eigenvalue weighted by atomic mass is 16.6. The highest BCUT2D eigenvalue weighted by molar-refractivity contribution is 5.86. The summed E-state index contributed by atoms with van der Waals surface area (Å²) in [6.45, 7) is 1.32. The van der Waals surface area contributed by atoms with Gasteiger partial charge >= 0.3 is 11.9 Å². The average molecular weight is 372 g/mol. The molecule has 1 aromatic carbocycles. The van der Waals surface area contributed by atoms with E-state index < -0.39 is 24.3 Å². The number of ether oxygens (including phenoxy) is 2. The van der Waals surface area contributed by atoms with E-state index in [1.807, 2.05) is 6.07 Å². The van der Waals surface area contributed by atoms with Crippen molar-refractivity contribution >= 4 is 11.9 Å². The maximum atomic E-state index is 11.3. The van der Waals surface area contributed by atoms with E-state index in [9.17, 15) is 14.7 Å². The Hall–Kier alpha value is -2.40. The zero-order valence-corrected chi connectivity index (χ0v) is 15.8. The Balaban J connectivity index is 1.62. The summed E-state index contributed by atoms with van der Waals surface area (Å²) in [5, 5.41) is 9.74. The molecule has 146 valence electrons. The number of benzene rings is 1. The molecule has 0 aromatic heterocycles. The summed E-state index contributed by atoms with van der Waals surface area (Å²) in [5.74, 6) is -1.04. The molecule has 27 heavy (non-hydrogen) atoms. The minimum absolute atomic E-state index is 0.330. The van der Waals surface area contributed by atoms with E-state index in [2.05, 4.69) is 41.2 Å². The highest BCUT2D eigenvalue weighted by Crippen LogP contribution is 2.24. The van der Waals surface area contributed by atoms with Gasteiger partial charge < -0.3 is 14.6 Å². The van der Waals surface area contributed by atoms with Gasteiger partial charge in [0.2, 0.25) is 6.29 Å². The van der Waals surface area contributed by atoms with Crippen molar-refractivity contribution in [3.63, 3.8) is 0 Å². The first-order valence-corrected chi connectivity index (χ1v) is 9.52. The molecule has 0 spiro atoms. The molecule has 0 aliphatic carbocycles. The number of allylic oxidation sites excluding steroid dienone is 2. The zero-order chi connectivity index (χ0) is 19.5. The molecule has 1 heterocycles. The van der Waals surface area contributed by atoms with Gasteiger partial charge in [-0.15, -0.1) is 0 Å². The first kappa shape index (κ1) is 20.9. The summed E-state index contributed by atoms with van der Waals surface area (Å²) in [4.78, 5) is 22.5. The topological polar surface area (TPSA) is 72.8 Å². The van der Waals surface area contributed by atoms with Crippen molar-refractivity contribution in [2.75, 3.05) is 0 Å². The molecule has 2 unspecified atom stereocenters. The fourth-order valence-electron chi connectivity index (χ4n) is 3.06. The normalized spacial score (nSPS) is 17.6. The van der Waals surface area contributed by atoms with Crippen molar-refractivity contribution in [1.29, 1.82) is 0 Å². The smallest absolute Gasteiger partial charge is 0.333 e. The predicted molar refractivity (Wildman–Crippen MR) is 103 cm³/mol. The molecule has 1 N–H and O–H groups in total. The van der Waals surface area contributed by atoms with Gasteiger partial charge in [-0.3, -0.25) is 4.79 Å².